The highest BCUT2D eigenvalue weighted by atomic mass is 16.5. The van der Waals surface area contributed by atoms with Crippen molar-refractivity contribution < 1.29 is 14.3 Å². The minimum atomic E-state index is -0.361. The van der Waals surface area contributed by atoms with E-state index in [1.165, 1.54) is 13.3 Å². The van der Waals surface area contributed by atoms with E-state index in [9.17, 15) is 9.59 Å². The first-order chi connectivity index (χ1) is 13.0. The SMILES string of the molecule is COc1cccc(NC(=O)c2cc(Nc3ccc(C(C)=O)cc3)ncn2)c1. The Morgan fingerprint density at radius 2 is 1.74 bits per heavy atom. The molecule has 0 aliphatic carbocycles. The summed E-state index contributed by atoms with van der Waals surface area (Å²) in [5.74, 6) is 0.754. The van der Waals surface area contributed by atoms with Gasteiger partial charge in [0.2, 0.25) is 0 Å². The fourth-order valence-electron chi connectivity index (χ4n) is 2.38. The fraction of sp³-hybridized carbons (Fsp3) is 0.100. The Kier molecular flexibility index (Phi) is 5.41. The number of carbonyl (C=O) groups excluding carboxylic acids is 2. The van der Waals surface area contributed by atoms with Gasteiger partial charge in [0, 0.05) is 29.1 Å². The second-order valence-electron chi connectivity index (χ2n) is 5.73. The highest BCUT2D eigenvalue weighted by Crippen LogP contribution is 2.19. The van der Waals surface area contributed by atoms with Gasteiger partial charge in [-0.3, -0.25) is 9.59 Å². The summed E-state index contributed by atoms with van der Waals surface area (Å²) in [5.41, 5.74) is 2.20. The largest absolute Gasteiger partial charge is 0.497 e. The molecule has 1 heterocycles. The standard InChI is InChI=1S/C20H18N4O3/c1-13(25)14-6-8-15(9-7-14)23-19-11-18(21-12-22-19)20(26)24-16-4-3-5-17(10-16)27-2/h3-12H,1-2H3,(H,24,26)(H,21,22,23). The number of Topliss-reactive ketones (excluding diaryl/α,β-unsaturated/α-hetero) is 1. The molecular weight excluding hydrogens is 344 g/mol. The number of nitrogens with zero attached hydrogens (tertiary/aromatic N) is 2. The number of aromatic nitrogens is 2. The highest BCUT2D eigenvalue weighted by molar-refractivity contribution is 6.03. The van der Waals surface area contributed by atoms with Crippen LogP contribution in [-0.4, -0.2) is 28.8 Å². The zero-order chi connectivity index (χ0) is 19.2. The van der Waals surface area contributed by atoms with Gasteiger partial charge in [0.15, 0.2) is 5.78 Å². The van der Waals surface area contributed by atoms with Gasteiger partial charge in [0.25, 0.3) is 5.91 Å². The van der Waals surface area contributed by atoms with E-state index in [1.54, 1.807) is 61.7 Å². The molecule has 1 aromatic heterocycles. The molecular formula is C20H18N4O3. The highest BCUT2D eigenvalue weighted by Gasteiger charge is 2.10. The Morgan fingerprint density at radius 3 is 2.44 bits per heavy atom. The number of ketones is 1. The van der Waals surface area contributed by atoms with Crippen LogP contribution in [0.3, 0.4) is 0 Å². The second kappa shape index (κ2) is 8.09. The Labute approximate surface area is 156 Å². The lowest BCUT2D eigenvalue weighted by Gasteiger charge is -2.09. The van der Waals surface area contributed by atoms with Gasteiger partial charge in [-0.25, -0.2) is 9.97 Å². The fourth-order valence-corrected chi connectivity index (χ4v) is 2.38. The van der Waals surface area contributed by atoms with Gasteiger partial charge in [-0.2, -0.15) is 0 Å². The molecule has 27 heavy (non-hydrogen) atoms. The summed E-state index contributed by atoms with van der Waals surface area (Å²) < 4.78 is 5.14. The number of ether oxygens (including phenoxy) is 1. The zero-order valence-electron chi connectivity index (χ0n) is 14.9. The third kappa shape index (κ3) is 4.66. The molecule has 0 atom stereocenters. The van der Waals surface area contributed by atoms with E-state index in [4.69, 9.17) is 4.74 Å². The second-order valence-corrected chi connectivity index (χ2v) is 5.73. The molecule has 3 aromatic rings. The zero-order valence-corrected chi connectivity index (χ0v) is 14.9. The number of amides is 1. The van der Waals surface area contributed by atoms with Gasteiger partial charge in [-0.1, -0.05) is 6.07 Å². The van der Waals surface area contributed by atoms with Crippen molar-refractivity contribution in [1.29, 1.82) is 0 Å². The number of rotatable bonds is 6. The van der Waals surface area contributed by atoms with Crippen LogP contribution in [0.4, 0.5) is 17.2 Å². The molecule has 2 N–H and O–H groups in total. The van der Waals surface area contributed by atoms with Crippen LogP contribution in [0.25, 0.3) is 0 Å². The van der Waals surface area contributed by atoms with Crippen LogP contribution in [0.1, 0.15) is 27.8 Å². The van der Waals surface area contributed by atoms with Crippen molar-refractivity contribution >= 4 is 28.9 Å². The van der Waals surface area contributed by atoms with Crippen LogP contribution in [-0.2, 0) is 0 Å². The minimum absolute atomic E-state index is 0.0000795. The van der Waals surface area contributed by atoms with Crippen LogP contribution in [0, 0.1) is 0 Å². The topological polar surface area (TPSA) is 93.2 Å². The number of anilines is 3. The van der Waals surface area contributed by atoms with Crippen molar-refractivity contribution in [3.63, 3.8) is 0 Å². The van der Waals surface area contributed by atoms with Crippen LogP contribution in [0.2, 0.25) is 0 Å². The number of benzene rings is 2. The molecule has 7 nitrogen and oxygen atoms in total. The minimum Gasteiger partial charge on any atom is -0.497 e. The van der Waals surface area contributed by atoms with Crippen molar-refractivity contribution in [2.45, 2.75) is 6.92 Å². The summed E-state index contributed by atoms with van der Waals surface area (Å²) in [5, 5.41) is 5.85. The molecule has 136 valence electrons. The van der Waals surface area contributed by atoms with Crippen molar-refractivity contribution in [1.82, 2.24) is 9.97 Å². The van der Waals surface area contributed by atoms with E-state index in [2.05, 4.69) is 20.6 Å². The molecule has 0 aliphatic rings. The van der Waals surface area contributed by atoms with Crippen molar-refractivity contribution in [2.75, 3.05) is 17.7 Å². The van der Waals surface area contributed by atoms with Crippen LogP contribution >= 0.6 is 0 Å². The van der Waals surface area contributed by atoms with Gasteiger partial charge < -0.3 is 15.4 Å². The first-order valence-corrected chi connectivity index (χ1v) is 8.20. The number of carbonyl (C=O) groups is 2. The van der Waals surface area contributed by atoms with Crippen molar-refractivity contribution in [3.05, 3.63) is 72.2 Å². The van der Waals surface area contributed by atoms with Gasteiger partial charge in [0.1, 0.15) is 23.6 Å². The average molecular weight is 362 g/mol. The molecule has 0 radical (unpaired) electrons. The lowest BCUT2D eigenvalue weighted by Crippen LogP contribution is -2.14. The molecule has 0 saturated carbocycles. The lowest BCUT2D eigenvalue weighted by atomic mass is 10.1. The molecule has 0 spiro atoms. The van der Waals surface area contributed by atoms with Crippen LogP contribution in [0.15, 0.2) is 60.9 Å². The number of hydrogen-bond donors (Lipinski definition) is 2. The Hall–Kier alpha value is -3.74. The van der Waals surface area contributed by atoms with Gasteiger partial charge in [0.05, 0.1) is 7.11 Å². The molecule has 0 fully saturated rings. The smallest absolute Gasteiger partial charge is 0.274 e. The normalized spacial score (nSPS) is 10.1. The maximum atomic E-state index is 12.4. The van der Waals surface area contributed by atoms with E-state index >= 15 is 0 Å². The molecule has 0 bridgehead atoms. The van der Waals surface area contributed by atoms with Gasteiger partial charge >= 0.3 is 0 Å². The third-order valence-corrected chi connectivity index (χ3v) is 3.79. The summed E-state index contributed by atoms with van der Waals surface area (Å²) in [6, 6.07) is 15.6. The number of hydrogen-bond acceptors (Lipinski definition) is 6. The summed E-state index contributed by atoms with van der Waals surface area (Å²) in [6.07, 6.45) is 1.31. The predicted octanol–water partition coefficient (Wildman–Crippen LogP) is 3.68. The maximum absolute atomic E-state index is 12.4. The maximum Gasteiger partial charge on any atom is 0.274 e. The average Bonchev–Trinajstić information content (AvgIpc) is 2.68. The molecule has 7 heteroatoms. The van der Waals surface area contributed by atoms with Crippen LogP contribution < -0.4 is 15.4 Å². The molecule has 0 aliphatic heterocycles. The summed E-state index contributed by atoms with van der Waals surface area (Å²) in [6.45, 7) is 1.51. The van der Waals surface area contributed by atoms with Gasteiger partial charge in [-0.05, 0) is 43.3 Å². The van der Waals surface area contributed by atoms with E-state index < -0.39 is 0 Å². The Balaban J connectivity index is 1.72. The molecule has 0 unspecified atom stereocenters. The number of methoxy groups -OCH3 is 1. The van der Waals surface area contributed by atoms with Gasteiger partial charge in [-0.15, -0.1) is 0 Å². The number of nitrogens with one attached hydrogen (secondary N) is 2. The van der Waals surface area contributed by atoms with Crippen molar-refractivity contribution in [2.24, 2.45) is 0 Å². The Bertz CT molecular complexity index is 971. The van der Waals surface area contributed by atoms with Crippen molar-refractivity contribution in [3.8, 4) is 5.75 Å². The predicted molar refractivity (Wildman–Crippen MR) is 103 cm³/mol. The molecule has 1 amide bonds. The lowest BCUT2D eigenvalue weighted by molar-refractivity contribution is 0.101. The van der Waals surface area contributed by atoms with E-state index in [-0.39, 0.29) is 17.4 Å². The van der Waals surface area contributed by atoms with E-state index in [1.807, 2.05) is 0 Å². The summed E-state index contributed by atoms with van der Waals surface area (Å²) in [7, 11) is 1.56. The molecule has 0 saturated heterocycles. The monoisotopic (exact) mass is 362 g/mol. The van der Waals surface area contributed by atoms with Crippen LogP contribution in [0.5, 0.6) is 5.75 Å². The summed E-state index contributed by atoms with van der Waals surface area (Å²) >= 11 is 0. The van der Waals surface area contributed by atoms with E-state index in [0.717, 1.165) is 5.69 Å². The quantitative estimate of drug-likeness (QED) is 0.650. The molecule has 3 rings (SSSR count). The summed E-state index contributed by atoms with van der Waals surface area (Å²) in [4.78, 5) is 31.9. The third-order valence-electron chi connectivity index (χ3n) is 3.79. The Morgan fingerprint density at radius 1 is 0.963 bits per heavy atom. The first-order valence-electron chi connectivity index (χ1n) is 8.20. The molecule has 2 aromatic carbocycles. The van der Waals surface area contributed by atoms with E-state index in [0.29, 0.717) is 22.8 Å². The first kappa shape index (κ1) is 18.1.